The molecule has 6 heteroatoms. The van der Waals surface area contributed by atoms with Gasteiger partial charge < -0.3 is 20.0 Å². The van der Waals surface area contributed by atoms with Gasteiger partial charge in [-0.15, -0.1) is 0 Å². The topological polar surface area (TPSA) is 55.9 Å². The van der Waals surface area contributed by atoms with E-state index in [1.54, 1.807) is 7.05 Å². The molecule has 0 aromatic heterocycles. The summed E-state index contributed by atoms with van der Waals surface area (Å²) in [6.45, 7) is 8.97. The Balaban J connectivity index is 1.69. The first kappa shape index (κ1) is 17.2. The lowest BCUT2D eigenvalue weighted by molar-refractivity contribution is -0.135. The van der Waals surface area contributed by atoms with Gasteiger partial charge in [0.1, 0.15) is 0 Å². The lowest BCUT2D eigenvalue weighted by atomic mass is 9.93. The van der Waals surface area contributed by atoms with E-state index in [0.717, 1.165) is 58.7 Å². The third-order valence-corrected chi connectivity index (χ3v) is 4.93. The summed E-state index contributed by atoms with van der Waals surface area (Å²) < 4.78 is 0. The van der Waals surface area contributed by atoms with E-state index >= 15 is 0 Å². The summed E-state index contributed by atoms with van der Waals surface area (Å²) in [5.74, 6) is 0.911. The molecule has 2 amide bonds. The van der Waals surface area contributed by atoms with Gasteiger partial charge in [0.05, 0.1) is 6.54 Å². The average Bonchev–Trinajstić information content (AvgIpc) is 2.55. The van der Waals surface area contributed by atoms with E-state index in [-0.39, 0.29) is 5.91 Å². The van der Waals surface area contributed by atoms with Crippen LogP contribution in [0.15, 0.2) is 0 Å². The summed E-state index contributed by atoms with van der Waals surface area (Å²) in [6, 6.07) is 0. The molecular formula is C16H30N4O2. The fourth-order valence-corrected chi connectivity index (χ4v) is 3.34. The van der Waals surface area contributed by atoms with Gasteiger partial charge in [-0.25, -0.2) is 0 Å². The number of amides is 2. The number of piperidine rings is 1. The number of likely N-dealkylation sites (tertiary alicyclic amines) is 1. The zero-order valence-electron chi connectivity index (χ0n) is 14.0. The van der Waals surface area contributed by atoms with Crippen molar-refractivity contribution in [3.05, 3.63) is 0 Å². The third-order valence-electron chi connectivity index (χ3n) is 4.93. The average molecular weight is 310 g/mol. The summed E-state index contributed by atoms with van der Waals surface area (Å²) >= 11 is 0. The van der Waals surface area contributed by atoms with Gasteiger partial charge in [-0.05, 0) is 32.4 Å². The first-order chi connectivity index (χ1) is 10.6. The standard InChI is InChI=1S/C16H30N4O2/c1-3-18-8-10-20(11-9-18)15(21)12-14-4-6-19(7-5-14)16(22)13-17-2/h14,17H,3-13H2,1-2H3. The summed E-state index contributed by atoms with van der Waals surface area (Å²) in [5.41, 5.74) is 0. The second kappa shape index (κ2) is 8.48. The predicted octanol–water partition coefficient (Wildman–Crippen LogP) is -0.00140. The first-order valence-electron chi connectivity index (χ1n) is 8.56. The van der Waals surface area contributed by atoms with Crippen molar-refractivity contribution in [2.24, 2.45) is 5.92 Å². The van der Waals surface area contributed by atoms with E-state index in [1.807, 2.05) is 9.80 Å². The van der Waals surface area contributed by atoms with Crippen LogP contribution in [0, 0.1) is 5.92 Å². The molecule has 2 aliphatic rings. The van der Waals surface area contributed by atoms with Gasteiger partial charge in [-0.1, -0.05) is 6.92 Å². The second-order valence-electron chi connectivity index (χ2n) is 6.37. The van der Waals surface area contributed by atoms with Crippen molar-refractivity contribution in [1.29, 1.82) is 0 Å². The highest BCUT2D eigenvalue weighted by Crippen LogP contribution is 2.21. The minimum Gasteiger partial charge on any atom is -0.342 e. The Morgan fingerprint density at radius 2 is 1.55 bits per heavy atom. The van der Waals surface area contributed by atoms with Crippen molar-refractivity contribution in [2.75, 3.05) is 59.4 Å². The molecule has 2 aliphatic heterocycles. The number of carbonyl (C=O) groups excluding carboxylic acids is 2. The van der Waals surface area contributed by atoms with Gasteiger partial charge >= 0.3 is 0 Å². The first-order valence-corrected chi connectivity index (χ1v) is 8.56. The molecule has 0 aromatic rings. The van der Waals surface area contributed by atoms with Crippen LogP contribution in [0.25, 0.3) is 0 Å². The molecule has 2 saturated heterocycles. The van der Waals surface area contributed by atoms with Crippen molar-refractivity contribution in [1.82, 2.24) is 20.0 Å². The largest absolute Gasteiger partial charge is 0.342 e. The van der Waals surface area contributed by atoms with Crippen LogP contribution < -0.4 is 5.32 Å². The molecule has 2 fully saturated rings. The maximum Gasteiger partial charge on any atom is 0.236 e. The van der Waals surface area contributed by atoms with E-state index in [4.69, 9.17) is 0 Å². The van der Waals surface area contributed by atoms with E-state index < -0.39 is 0 Å². The van der Waals surface area contributed by atoms with E-state index in [0.29, 0.717) is 24.8 Å². The number of hydrogen-bond donors (Lipinski definition) is 1. The fourth-order valence-electron chi connectivity index (χ4n) is 3.34. The highest BCUT2D eigenvalue weighted by atomic mass is 16.2. The fraction of sp³-hybridized carbons (Fsp3) is 0.875. The quantitative estimate of drug-likeness (QED) is 0.776. The molecule has 126 valence electrons. The van der Waals surface area contributed by atoms with Crippen molar-refractivity contribution < 1.29 is 9.59 Å². The van der Waals surface area contributed by atoms with Crippen molar-refractivity contribution >= 4 is 11.8 Å². The van der Waals surface area contributed by atoms with Crippen molar-refractivity contribution in [3.63, 3.8) is 0 Å². The molecule has 0 bridgehead atoms. The monoisotopic (exact) mass is 310 g/mol. The number of rotatable bonds is 5. The molecule has 2 heterocycles. The molecular weight excluding hydrogens is 280 g/mol. The number of hydrogen-bond acceptors (Lipinski definition) is 4. The van der Waals surface area contributed by atoms with Crippen LogP contribution in [0.1, 0.15) is 26.2 Å². The molecule has 0 saturated carbocycles. The van der Waals surface area contributed by atoms with E-state index in [2.05, 4.69) is 17.1 Å². The number of likely N-dealkylation sites (N-methyl/N-ethyl adjacent to an activating group) is 2. The van der Waals surface area contributed by atoms with Gasteiger partial charge in [-0.3, -0.25) is 9.59 Å². The van der Waals surface area contributed by atoms with E-state index in [1.165, 1.54) is 0 Å². The van der Waals surface area contributed by atoms with Crippen LogP contribution in [-0.2, 0) is 9.59 Å². The Morgan fingerprint density at radius 1 is 0.955 bits per heavy atom. The van der Waals surface area contributed by atoms with Crippen molar-refractivity contribution in [3.8, 4) is 0 Å². The highest BCUT2D eigenvalue weighted by molar-refractivity contribution is 5.78. The smallest absolute Gasteiger partial charge is 0.236 e. The molecule has 0 aromatic carbocycles. The Bertz CT molecular complexity index is 372. The summed E-state index contributed by atoms with van der Waals surface area (Å²) in [5, 5.41) is 2.90. The molecule has 22 heavy (non-hydrogen) atoms. The molecule has 0 aliphatic carbocycles. The summed E-state index contributed by atoms with van der Waals surface area (Å²) in [4.78, 5) is 30.5. The Labute approximate surface area is 133 Å². The van der Waals surface area contributed by atoms with Gasteiger partial charge in [-0.2, -0.15) is 0 Å². The van der Waals surface area contributed by atoms with Crippen LogP contribution in [0.3, 0.4) is 0 Å². The SMILES string of the molecule is CCN1CCN(C(=O)CC2CCN(C(=O)CNC)CC2)CC1. The molecule has 0 spiro atoms. The molecule has 2 rings (SSSR count). The maximum atomic E-state index is 12.4. The molecule has 1 N–H and O–H groups in total. The van der Waals surface area contributed by atoms with Gasteiger partial charge in [0.25, 0.3) is 0 Å². The highest BCUT2D eigenvalue weighted by Gasteiger charge is 2.27. The van der Waals surface area contributed by atoms with Crippen LogP contribution in [0.4, 0.5) is 0 Å². The number of nitrogens with zero attached hydrogens (tertiary/aromatic N) is 3. The second-order valence-corrected chi connectivity index (χ2v) is 6.37. The lowest BCUT2D eigenvalue weighted by Gasteiger charge is -2.36. The van der Waals surface area contributed by atoms with Crippen LogP contribution >= 0.6 is 0 Å². The van der Waals surface area contributed by atoms with Crippen LogP contribution in [-0.4, -0.2) is 85.9 Å². The minimum atomic E-state index is 0.169. The summed E-state index contributed by atoms with van der Waals surface area (Å²) in [6.07, 6.45) is 2.56. The maximum absolute atomic E-state index is 12.4. The van der Waals surface area contributed by atoms with Gasteiger partial charge in [0, 0.05) is 45.7 Å². The van der Waals surface area contributed by atoms with Crippen LogP contribution in [0.2, 0.25) is 0 Å². The Hall–Kier alpha value is -1.14. The van der Waals surface area contributed by atoms with Gasteiger partial charge in [0.2, 0.25) is 11.8 Å². The zero-order chi connectivity index (χ0) is 15.9. The minimum absolute atomic E-state index is 0.169. The molecule has 0 unspecified atom stereocenters. The third kappa shape index (κ3) is 4.68. The summed E-state index contributed by atoms with van der Waals surface area (Å²) in [7, 11) is 1.79. The normalized spacial score (nSPS) is 21.2. The predicted molar refractivity (Wildman–Crippen MR) is 86.5 cm³/mol. The Morgan fingerprint density at radius 3 is 2.09 bits per heavy atom. The van der Waals surface area contributed by atoms with Gasteiger partial charge in [0.15, 0.2) is 0 Å². The molecule has 0 radical (unpaired) electrons. The number of carbonyl (C=O) groups is 2. The van der Waals surface area contributed by atoms with E-state index in [9.17, 15) is 9.59 Å². The van der Waals surface area contributed by atoms with Crippen LogP contribution in [0.5, 0.6) is 0 Å². The van der Waals surface area contributed by atoms with Crippen molar-refractivity contribution in [2.45, 2.75) is 26.2 Å². The number of piperazine rings is 1. The molecule has 0 atom stereocenters. The number of nitrogens with one attached hydrogen (secondary N) is 1. The Kier molecular flexibility index (Phi) is 6.64. The lowest BCUT2D eigenvalue weighted by Crippen LogP contribution is -2.49. The molecule has 6 nitrogen and oxygen atoms in total. The zero-order valence-corrected chi connectivity index (χ0v) is 14.0.